The van der Waals surface area contributed by atoms with E-state index in [2.05, 4.69) is 45.9 Å². The summed E-state index contributed by atoms with van der Waals surface area (Å²) in [5, 5.41) is 10.2. The Morgan fingerprint density at radius 2 is 1.75 bits per heavy atom. The Morgan fingerprint density at radius 3 is 2.25 bits per heavy atom. The van der Waals surface area contributed by atoms with E-state index in [0.717, 1.165) is 19.3 Å². The Hall–Kier alpha value is -0.820. The van der Waals surface area contributed by atoms with Gasteiger partial charge in [-0.1, -0.05) is 38.5 Å². The molecule has 0 aliphatic carbocycles. The molecule has 0 bridgehead atoms. The van der Waals surface area contributed by atoms with Gasteiger partial charge >= 0.3 is 0 Å². The summed E-state index contributed by atoms with van der Waals surface area (Å²) in [6, 6.07) is 6.33. The fourth-order valence-corrected chi connectivity index (χ4v) is 2.23. The number of rotatable bonds is 5. The summed E-state index contributed by atoms with van der Waals surface area (Å²) in [6.45, 7) is 8.56. The number of hydrogen-bond acceptors (Lipinski definition) is 1. The van der Waals surface area contributed by atoms with Crippen LogP contribution in [0.1, 0.15) is 43.4 Å². The SMILES string of the molecule is CCCC(C)C(O)Cc1c(C)cccc1C. The van der Waals surface area contributed by atoms with Crippen LogP contribution in [0, 0.1) is 19.8 Å². The van der Waals surface area contributed by atoms with Crippen molar-refractivity contribution < 1.29 is 5.11 Å². The summed E-state index contributed by atoms with van der Waals surface area (Å²) in [5.41, 5.74) is 3.91. The highest BCUT2D eigenvalue weighted by molar-refractivity contribution is 5.33. The molecule has 0 aliphatic rings. The van der Waals surface area contributed by atoms with Gasteiger partial charge in [-0.25, -0.2) is 0 Å². The number of aliphatic hydroxyl groups excluding tert-OH is 1. The molecule has 1 aromatic rings. The lowest BCUT2D eigenvalue weighted by Gasteiger charge is -2.20. The van der Waals surface area contributed by atoms with Crippen LogP contribution in [0.2, 0.25) is 0 Å². The standard InChI is InChI=1S/C15H24O/c1-5-7-13(4)15(16)10-14-11(2)8-6-9-12(14)3/h6,8-9,13,15-16H,5,7,10H2,1-4H3. The third-order valence-corrected chi connectivity index (χ3v) is 3.46. The quantitative estimate of drug-likeness (QED) is 0.803. The fraction of sp³-hybridized carbons (Fsp3) is 0.600. The third-order valence-electron chi connectivity index (χ3n) is 3.46. The van der Waals surface area contributed by atoms with E-state index in [1.54, 1.807) is 0 Å². The number of aliphatic hydroxyl groups is 1. The van der Waals surface area contributed by atoms with Crippen LogP contribution in [0.3, 0.4) is 0 Å². The molecule has 1 heteroatoms. The minimum atomic E-state index is -0.209. The van der Waals surface area contributed by atoms with Gasteiger partial charge in [-0.2, -0.15) is 0 Å². The molecule has 0 saturated heterocycles. The molecule has 0 heterocycles. The monoisotopic (exact) mass is 220 g/mol. The maximum atomic E-state index is 10.2. The van der Waals surface area contributed by atoms with E-state index in [1.807, 2.05) is 0 Å². The van der Waals surface area contributed by atoms with Gasteiger partial charge in [0.1, 0.15) is 0 Å². The van der Waals surface area contributed by atoms with E-state index in [4.69, 9.17) is 0 Å². The molecule has 16 heavy (non-hydrogen) atoms. The van der Waals surface area contributed by atoms with Gasteiger partial charge in [-0.3, -0.25) is 0 Å². The minimum Gasteiger partial charge on any atom is -0.393 e. The molecule has 2 atom stereocenters. The summed E-state index contributed by atoms with van der Waals surface area (Å²) >= 11 is 0. The average Bonchev–Trinajstić information content (AvgIpc) is 2.23. The highest BCUT2D eigenvalue weighted by Gasteiger charge is 2.15. The summed E-state index contributed by atoms with van der Waals surface area (Å²) in [4.78, 5) is 0. The van der Waals surface area contributed by atoms with Crippen LogP contribution in [0.4, 0.5) is 0 Å². The van der Waals surface area contributed by atoms with Crippen LogP contribution >= 0.6 is 0 Å². The number of aryl methyl sites for hydroxylation is 2. The van der Waals surface area contributed by atoms with Gasteiger partial charge in [0.25, 0.3) is 0 Å². The summed E-state index contributed by atoms with van der Waals surface area (Å²) in [5.74, 6) is 0.393. The van der Waals surface area contributed by atoms with E-state index in [0.29, 0.717) is 5.92 Å². The van der Waals surface area contributed by atoms with E-state index >= 15 is 0 Å². The molecule has 1 N–H and O–H groups in total. The van der Waals surface area contributed by atoms with Crippen LogP contribution in [-0.2, 0) is 6.42 Å². The maximum absolute atomic E-state index is 10.2. The highest BCUT2D eigenvalue weighted by atomic mass is 16.3. The normalized spacial score (nSPS) is 14.8. The van der Waals surface area contributed by atoms with Crippen molar-refractivity contribution in [3.8, 4) is 0 Å². The molecule has 1 nitrogen and oxygen atoms in total. The molecule has 0 aliphatic heterocycles. The van der Waals surface area contributed by atoms with Crippen LogP contribution < -0.4 is 0 Å². The predicted octanol–water partition coefficient (Wildman–Crippen LogP) is 3.64. The van der Waals surface area contributed by atoms with E-state index in [-0.39, 0.29) is 6.10 Å². The number of benzene rings is 1. The zero-order valence-corrected chi connectivity index (χ0v) is 11.0. The lowest BCUT2D eigenvalue weighted by atomic mass is 9.90. The van der Waals surface area contributed by atoms with Crippen molar-refractivity contribution >= 4 is 0 Å². The van der Waals surface area contributed by atoms with Crippen molar-refractivity contribution in [2.24, 2.45) is 5.92 Å². The Balaban J connectivity index is 2.72. The first kappa shape index (κ1) is 13.2. The van der Waals surface area contributed by atoms with Gasteiger partial charge in [0, 0.05) is 0 Å². The van der Waals surface area contributed by atoms with E-state index < -0.39 is 0 Å². The van der Waals surface area contributed by atoms with Crippen molar-refractivity contribution in [1.29, 1.82) is 0 Å². The molecule has 0 spiro atoms. The smallest absolute Gasteiger partial charge is 0.0606 e. The first-order valence-electron chi connectivity index (χ1n) is 6.29. The lowest BCUT2D eigenvalue weighted by molar-refractivity contribution is 0.111. The molecule has 1 aromatic carbocycles. The molecule has 0 amide bonds. The van der Waals surface area contributed by atoms with Gasteiger partial charge in [-0.15, -0.1) is 0 Å². The fourth-order valence-electron chi connectivity index (χ4n) is 2.23. The molecule has 0 saturated carbocycles. The first-order chi connectivity index (χ1) is 7.56. The van der Waals surface area contributed by atoms with Gasteiger partial charge in [0.15, 0.2) is 0 Å². The average molecular weight is 220 g/mol. The molecule has 0 fully saturated rings. The van der Waals surface area contributed by atoms with Gasteiger partial charge in [0.05, 0.1) is 6.10 Å². The second kappa shape index (κ2) is 6.05. The Bertz CT molecular complexity index is 310. The molecular weight excluding hydrogens is 196 g/mol. The maximum Gasteiger partial charge on any atom is 0.0606 e. The van der Waals surface area contributed by atoms with Crippen molar-refractivity contribution in [3.05, 3.63) is 34.9 Å². The lowest BCUT2D eigenvalue weighted by Crippen LogP contribution is -2.21. The third kappa shape index (κ3) is 3.34. The predicted molar refractivity (Wildman–Crippen MR) is 69.7 cm³/mol. The molecule has 1 rings (SSSR count). The molecule has 0 radical (unpaired) electrons. The molecular formula is C15H24O. The zero-order valence-electron chi connectivity index (χ0n) is 11.0. The van der Waals surface area contributed by atoms with Gasteiger partial charge in [-0.05, 0) is 49.3 Å². The van der Waals surface area contributed by atoms with Crippen molar-refractivity contribution in [1.82, 2.24) is 0 Å². The van der Waals surface area contributed by atoms with Crippen molar-refractivity contribution in [2.75, 3.05) is 0 Å². The largest absolute Gasteiger partial charge is 0.393 e. The second-order valence-electron chi connectivity index (χ2n) is 4.91. The number of hydrogen-bond donors (Lipinski definition) is 1. The Kier molecular flexibility index (Phi) is 5.01. The Labute approximate surface area is 99.5 Å². The first-order valence-corrected chi connectivity index (χ1v) is 6.29. The molecule has 0 aromatic heterocycles. The molecule has 90 valence electrons. The van der Waals surface area contributed by atoms with Crippen molar-refractivity contribution in [2.45, 2.75) is 53.1 Å². The summed E-state index contributed by atoms with van der Waals surface area (Å²) in [6.07, 6.45) is 2.83. The second-order valence-corrected chi connectivity index (χ2v) is 4.91. The minimum absolute atomic E-state index is 0.209. The van der Waals surface area contributed by atoms with E-state index in [1.165, 1.54) is 16.7 Å². The van der Waals surface area contributed by atoms with Crippen LogP contribution in [0.15, 0.2) is 18.2 Å². The van der Waals surface area contributed by atoms with Crippen molar-refractivity contribution in [3.63, 3.8) is 0 Å². The molecule has 2 unspecified atom stereocenters. The summed E-state index contributed by atoms with van der Waals surface area (Å²) in [7, 11) is 0. The van der Waals surface area contributed by atoms with Crippen LogP contribution in [0.5, 0.6) is 0 Å². The Morgan fingerprint density at radius 1 is 1.19 bits per heavy atom. The van der Waals surface area contributed by atoms with Crippen LogP contribution in [-0.4, -0.2) is 11.2 Å². The van der Waals surface area contributed by atoms with E-state index in [9.17, 15) is 5.11 Å². The van der Waals surface area contributed by atoms with Gasteiger partial charge in [0.2, 0.25) is 0 Å². The topological polar surface area (TPSA) is 20.2 Å². The highest BCUT2D eigenvalue weighted by Crippen LogP contribution is 2.20. The summed E-state index contributed by atoms with van der Waals surface area (Å²) < 4.78 is 0. The van der Waals surface area contributed by atoms with Gasteiger partial charge < -0.3 is 5.11 Å². The zero-order chi connectivity index (χ0) is 12.1. The van der Waals surface area contributed by atoms with Crippen LogP contribution in [0.25, 0.3) is 0 Å².